The van der Waals surface area contributed by atoms with Crippen molar-refractivity contribution in [3.05, 3.63) is 0 Å². The zero-order chi connectivity index (χ0) is 10.5. The second-order valence-corrected chi connectivity index (χ2v) is 3.51. The first-order valence-electron chi connectivity index (χ1n) is 4.35. The number of Topliss-reactive ketones (excluding diaryl/α,β-unsaturated/α-hetero) is 1. The van der Waals surface area contributed by atoms with Crippen LogP contribution in [0.5, 0.6) is 0 Å². The van der Waals surface area contributed by atoms with Gasteiger partial charge in [-0.05, 0) is 13.8 Å². The normalized spacial score (nSPS) is 11.1. The molecule has 0 heterocycles. The van der Waals surface area contributed by atoms with Crippen molar-refractivity contribution in [2.45, 2.75) is 39.2 Å². The average molecular weight is 187 g/mol. The van der Waals surface area contributed by atoms with E-state index in [4.69, 9.17) is 10.5 Å². The number of hydrogen-bond donors (Lipinski definition) is 1. The minimum atomic E-state index is -0.733. The van der Waals surface area contributed by atoms with Crippen LogP contribution in [0.2, 0.25) is 0 Å². The fourth-order valence-corrected chi connectivity index (χ4v) is 0.963. The van der Waals surface area contributed by atoms with Crippen molar-refractivity contribution in [2.24, 2.45) is 5.73 Å². The lowest BCUT2D eigenvalue weighted by molar-refractivity contribution is -0.157. The molecule has 0 rings (SSSR count). The Bertz CT molecular complexity index is 179. The van der Waals surface area contributed by atoms with E-state index < -0.39 is 5.60 Å². The number of rotatable bonds is 5. The average Bonchev–Trinajstić information content (AvgIpc) is 2.02. The molecule has 0 aromatic carbocycles. The molecule has 0 bridgehead atoms. The fourth-order valence-electron chi connectivity index (χ4n) is 0.963. The predicted octanol–water partition coefficient (Wildman–Crippen LogP) is 0.636. The van der Waals surface area contributed by atoms with Crippen LogP contribution in [-0.4, -0.2) is 23.9 Å². The molecule has 13 heavy (non-hydrogen) atoms. The zero-order valence-corrected chi connectivity index (χ0v) is 8.42. The highest BCUT2D eigenvalue weighted by Gasteiger charge is 2.24. The summed E-state index contributed by atoms with van der Waals surface area (Å²) in [4.78, 5) is 21.9. The van der Waals surface area contributed by atoms with Crippen LogP contribution in [0.4, 0.5) is 0 Å². The molecule has 0 aromatic heterocycles. The molecule has 0 aliphatic carbocycles. The van der Waals surface area contributed by atoms with Gasteiger partial charge in [0.15, 0.2) is 0 Å². The number of ether oxygens (including phenoxy) is 1. The van der Waals surface area contributed by atoms with E-state index in [0.717, 1.165) is 0 Å². The van der Waals surface area contributed by atoms with Crippen LogP contribution in [0.3, 0.4) is 0 Å². The molecule has 4 heteroatoms. The maximum absolute atomic E-state index is 11.0. The number of carbonyl (C=O) groups excluding carboxylic acids is 2. The molecule has 0 unspecified atom stereocenters. The van der Waals surface area contributed by atoms with Crippen molar-refractivity contribution in [3.63, 3.8) is 0 Å². The van der Waals surface area contributed by atoms with Gasteiger partial charge in [-0.15, -0.1) is 0 Å². The molecule has 0 aliphatic heterocycles. The molecule has 0 aromatic rings. The second-order valence-electron chi connectivity index (χ2n) is 3.51. The first-order chi connectivity index (χ1) is 5.91. The summed E-state index contributed by atoms with van der Waals surface area (Å²) in [5.41, 5.74) is 4.42. The van der Waals surface area contributed by atoms with E-state index >= 15 is 0 Å². The first kappa shape index (κ1) is 12.1. The summed E-state index contributed by atoms with van der Waals surface area (Å²) in [6.07, 6.45) is 0.496. The molecule has 0 fully saturated rings. The lowest BCUT2D eigenvalue weighted by atomic mass is 10.0. The summed E-state index contributed by atoms with van der Waals surface area (Å²) in [6.45, 7) is 5.11. The van der Waals surface area contributed by atoms with Gasteiger partial charge in [0.1, 0.15) is 11.4 Å². The summed E-state index contributed by atoms with van der Waals surface area (Å²) in [5.74, 6) is -0.399. The number of nitrogens with two attached hydrogens (primary N) is 1. The Hall–Kier alpha value is -0.900. The quantitative estimate of drug-likeness (QED) is 0.641. The summed E-state index contributed by atoms with van der Waals surface area (Å²) < 4.78 is 5.04. The van der Waals surface area contributed by atoms with Gasteiger partial charge in [0, 0.05) is 12.8 Å². The van der Waals surface area contributed by atoms with Crippen molar-refractivity contribution in [3.8, 4) is 0 Å². The van der Waals surface area contributed by atoms with E-state index in [-0.39, 0.29) is 24.7 Å². The van der Waals surface area contributed by atoms with Gasteiger partial charge in [-0.25, -0.2) is 0 Å². The van der Waals surface area contributed by atoms with Gasteiger partial charge in [-0.3, -0.25) is 9.59 Å². The Labute approximate surface area is 78.4 Å². The molecule has 0 saturated heterocycles. The first-order valence-corrected chi connectivity index (χ1v) is 4.35. The third-order valence-corrected chi connectivity index (χ3v) is 1.53. The molecular weight excluding hydrogens is 170 g/mol. The van der Waals surface area contributed by atoms with Crippen LogP contribution in [0.25, 0.3) is 0 Å². The van der Waals surface area contributed by atoms with E-state index in [9.17, 15) is 9.59 Å². The molecule has 0 atom stereocenters. The Morgan fingerprint density at radius 3 is 2.31 bits per heavy atom. The fraction of sp³-hybridized carbons (Fsp3) is 0.778. The monoisotopic (exact) mass is 187 g/mol. The lowest BCUT2D eigenvalue weighted by Crippen LogP contribution is -2.32. The number of ketones is 1. The maximum atomic E-state index is 11.0. The van der Waals surface area contributed by atoms with Crippen LogP contribution >= 0.6 is 0 Å². The van der Waals surface area contributed by atoms with E-state index in [1.165, 1.54) is 0 Å². The predicted molar refractivity (Wildman–Crippen MR) is 49.1 cm³/mol. The van der Waals surface area contributed by atoms with E-state index in [1.54, 1.807) is 20.8 Å². The summed E-state index contributed by atoms with van der Waals surface area (Å²) in [7, 11) is 0. The highest BCUT2D eigenvalue weighted by Crippen LogP contribution is 2.15. The van der Waals surface area contributed by atoms with Crippen LogP contribution in [0.15, 0.2) is 0 Å². The lowest BCUT2D eigenvalue weighted by Gasteiger charge is -2.23. The smallest absolute Gasteiger partial charge is 0.306 e. The van der Waals surface area contributed by atoms with Gasteiger partial charge in [-0.2, -0.15) is 0 Å². The van der Waals surface area contributed by atoms with Gasteiger partial charge in [-0.1, -0.05) is 6.92 Å². The van der Waals surface area contributed by atoms with Crippen molar-refractivity contribution in [1.82, 2.24) is 0 Å². The van der Waals surface area contributed by atoms with Gasteiger partial charge in [0.05, 0.1) is 6.54 Å². The van der Waals surface area contributed by atoms with Gasteiger partial charge in [0.2, 0.25) is 0 Å². The highest BCUT2D eigenvalue weighted by molar-refractivity contribution is 5.81. The van der Waals surface area contributed by atoms with Crippen molar-refractivity contribution < 1.29 is 14.3 Å². The minimum Gasteiger partial charge on any atom is -0.459 e. The van der Waals surface area contributed by atoms with Crippen LogP contribution in [0.1, 0.15) is 33.6 Å². The summed E-state index contributed by atoms with van der Waals surface area (Å²) in [6, 6.07) is 0. The molecule has 0 spiro atoms. The SMILES string of the molecule is CCC(=O)OC(C)(C)CC(=O)CN. The number of carbonyl (C=O) groups is 2. The molecule has 0 aliphatic rings. The van der Waals surface area contributed by atoms with Crippen LogP contribution in [-0.2, 0) is 14.3 Å². The number of esters is 1. The van der Waals surface area contributed by atoms with Gasteiger partial charge >= 0.3 is 5.97 Å². The van der Waals surface area contributed by atoms with Crippen molar-refractivity contribution in [1.29, 1.82) is 0 Å². The summed E-state index contributed by atoms with van der Waals surface area (Å²) in [5, 5.41) is 0. The maximum Gasteiger partial charge on any atom is 0.306 e. The van der Waals surface area contributed by atoms with Crippen LogP contribution in [0, 0.1) is 0 Å². The van der Waals surface area contributed by atoms with E-state index in [1.807, 2.05) is 0 Å². The molecule has 4 nitrogen and oxygen atoms in total. The third kappa shape index (κ3) is 5.36. The molecule has 0 saturated carbocycles. The minimum absolute atomic E-state index is 0.00684. The van der Waals surface area contributed by atoms with Gasteiger partial charge in [0.25, 0.3) is 0 Å². The highest BCUT2D eigenvalue weighted by atomic mass is 16.6. The second kappa shape index (κ2) is 4.97. The van der Waals surface area contributed by atoms with Crippen molar-refractivity contribution in [2.75, 3.05) is 6.54 Å². The largest absolute Gasteiger partial charge is 0.459 e. The van der Waals surface area contributed by atoms with Crippen LogP contribution < -0.4 is 5.73 Å². The van der Waals surface area contributed by atoms with E-state index in [2.05, 4.69) is 0 Å². The molecule has 0 radical (unpaired) electrons. The Balaban J connectivity index is 4.07. The Morgan fingerprint density at radius 2 is 1.92 bits per heavy atom. The molecule has 0 amide bonds. The molecular formula is C9H17NO3. The zero-order valence-electron chi connectivity index (χ0n) is 8.42. The Kier molecular flexibility index (Phi) is 4.62. The number of hydrogen-bond acceptors (Lipinski definition) is 4. The Morgan fingerprint density at radius 1 is 1.38 bits per heavy atom. The van der Waals surface area contributed by atoms with Crippen molar-refractivity contribution >= 4 is 11.8 Å². The molecule has 76 valence electrons. The van der Waals surface area contributed by atoms with Gasteiger partial charge < -0.3 is 10.5 Å². The third-order valence-electron chi connectivity index (χ3n) is 1.53. The topological polar surface area (TPSA) is 69.4 Å². The van der Waals surface area contributed by atoms with E-state index in [0.29, 0.717) is 6.42 Å². The summed E-state index contributed by atoms with van der Waals surface area (Å²) >= 11 is 0. The standard InChI is InChI=1S/C9H17NO3/c1-4-8(12)13-9(2,3)5-7(11)6-10/h4-6,10H2,1-3H3. The molecule has 2 N–H and O–H groups in total.